The molecule has 22 heavy (non-hydrogen) atoms. The van der Waals surface area contributed by atoms with E-state index in [2.05, 4.69) is 26.6 Å². The molecule has 1 aromatic rings. The summed E-state index contributed by atoms with van der Waals surface area (Å²) < 4.78 is 5.36. The Morgan fingerprint density at radius 1 is 1.18 bits per heavy atom. The molecular formula is C17H28N4O. The van der Waals surface area contributed by atoms with Gasteiger partial charge in [-0.15, -0.1) is 0 Å². The number of likely N-dealkylation sites (tertiary alicyclic amines) is 1. The highest BCUT2D eigenvalue weighted by Crippen LogP contribution is 2.16. The Kier molecular flexibility index (Phi) is 7.03. The minimum atomic E-state index is 0.702. The zero-order valence-corrected chi connectivity index (χ0v) is 13.8. The highest BCUT2D eigenvalue weighted by Gasteiger charge is 2.09. The largest absolute Gasteiger partial charge is 0.496 e. The van der Waals surface area contributed by atoms with Crippen LogP contribution in [0.4, 0.5) is 0 Å². The number of methoxy groups -OCH3 is 1. The van der Waals surface area contributed by atoms with Gasteiger partial charge in [0.15, 0.2) is 5.96 Å². The van der Waals surface area contributed by atoms with Crippen LogP contribution < -0.4 is 15.4 Å². The van der Waals surface area contributed by atoms with Gasteiger partial charge in [-0.05, 0) is 32.0 Å². The van der Waals surface area contributed by atoms with Gasteiger partial charge in [-0.1, -0.05) is 24.6 Å². The normalized spacial score (nSPS) is 16.4. The smallest absolute Gasteiger partial charge is 0.191 e. The van der Waals surface area contributed by atoms with Gasteiger partial charge in [0, 0.05) is 32.2 Å². The van der Waals surface area contributed by atoms with Crippen molar-refractivity contribution in [3.8, 4) is 5.75 Å². The van der Waals surface area contributed by atoms with Gasteiger partial charge in [0.1, 0.15) is 5.75 Å². The Labute approximate surface area is 133 Å². The minimum absolute atomic E-state index is 0.702. The molecule has 1 aliphatic heterocycles. The highest BCUT2D eigenvalue weighted by molar-refractivity contribution is 5.79. The van der Waals surface area contributed by atoms with E-state index < -0.39 is 0 Å². The zero-order valence-electron chi connectivity index (χ0n) is 13.8. The third-order valence-corrected chi connectivity index (χ3v) is 4.03. The molecule has 5 nitrogen and oxygen atoms in total. The highest BCUT2D eigenvalue weighted by atomic mass is 16.5. The lowest BCUT2D eigenvalue weighted by Gasteiger charge is -2.26. The van der Waals surface area contributed by atoms with Crippen LogP contribution in [0.25, 0.3) is 0 Å². The number of para-hydroxylation sites is 1. The SMILES string of the molecule is CN=C(NCCN1CCCCC1)NCc1ccccc1OC. The minimum Gasteiger partial charge on any atom is -0.496 e. The lowest BCUT2D eigenvalue weighted by molar-refractivity contribution is 0.232. The first kappa shape index (κ1) is 16.6. The number of ether oxygens (including phenoxy) is 1. The number of piperidine rings is 1. The summed E-state index contributed by atoms with van der Waals surface area (Å²) >= 11 is 0. The molecule has 1 aliphatic rings. The Morgan fingerprint density at radius 2 is 1.95 bits per heavy atom. The van der Waals surface area contributed by atoms with Crippen molar-refractivity contribution in [2.45, 2.75) is 25.8 Å². The Bertz CT molecular complexity index is 469. The lowest BCUT2D eigenvalue weighted by Crippen LogP contribution is -2.42. The maximum absolute atomic E-state index is 5.36. The molecule has 0 aliphatic carbocycles. The van der Waals surface area contributed by atoms with Gasteiger partial charge in [0.05, 0.1) is 7.11 Å². The van der Waals surface area contributed by atoms with E-state index in [0.29, 0.717) is 6.54 Å². The van der Waals surface area contributed by atoms with E-state index in [9.17, 15) is 0 Å². The molecule has 0 bridgehead atoms. The van der Waals surface area contributed by atoms with Gasteiger partial charge in [-0.2, -0.15) is 0 Å². The molecule has 5 heteroatoms. The number of nitrogens with zero attached hydrogens (tertiary/aromatic N) is 2. The van der Waals surface area contributed by atoms with E-state index in [4.69, 9.17) is 4.74 Å². The molecule has 0 atom stereocenters. The van der Waals surface area contributed by atoms with Crippen LogP contribution in [0.15, 0.2) is 29.3 Å². The number of benzene rings is 1. The fraction of sp³-hybridized carbons (Fsp3) is 0.588. The van der Waals surface area contributed by atoms with Gasteiger partial charge in [0.25, 0.3) is 0 Å². The number of rotatable bonds is 6. The average molecular weight is 304 g/mol. The van der Waals surface area contributed by atoms with Crippen LogP contribution in [0.5, 0.6) is 5.75 Å². The van der Waals surface area contributed by atoms with Crippen molar-refractivity contribution in [3.63, 3.8) is 0 Å². The molecule has 122 valence electrons. The number of nitrogens with one attached hydrogen (secondary N) is 2. The first-order valence-corrected chi connectivity index (χ1v) is 8.12. The number of hydrogen-bond donors (Lipinski definition) is 2. The van der Waals surface area contributed by atoms with E-state index in [1.54, 1.807) is 14.2 Å². The van der Waals surface area contributed by atoms with E-state index >= 15 is 0 Å². The van der Waals surface area contributed by atoms with Crippen LogP contribution in [0.3, 0.4) is 0 Å². The molecule has 0 radical (unpaired) electrons. The summed E-state index contributed by atoms with van der Waals surface area (Å²) in [4.78, 5) is 6.79. The number of aliphatic imine (C=N–C) groups is 1. The first-order valence-electron chi connectivity index (χ1n) is 8.12. The Morgan fingerprint density at radius 3 is 2.68 bits per heavy atom. The molecule has 0 unspecified atom stereocenters. The Hall–Kier alpha value is -1.75. The van der Waals surface area contributed by atoms with Crippen molar-refractivity contribution >= 4 is 5.96 Å². The van der Waals surface area contributed by atoms with E-state index in [0.717, 1.165) is 30.4 Å². The molecular weight excluding hydrogens is 276 g/mol. The molecule has 2 N–H and O–H groups in total. The third kappa shape index (κ3) is 5.22. The van der Waals surface area contributed by atoms with Gasteiger partial charge < -0.3 is 20.3 Å². The van der Waals surface area contributed by atoms with Gasteiger partial charge in [-0.3, -0.25) is 4.99 Å². The van der Waals surface area contributed by atoms with Gasteiger partial charge >= 0.3 is 0 Å². The monoisotopic (exact) mass is 304 g/mol. The Balaban J connectivity index is 1.72. The van der Waals surface area contributed by atoms with Crippen molar-refractivity contribution in [3.05, 3.63) is 29.8 Å². The molecule has 2 rings (SSSR count). The molecule has 0 amide bonds. The van der Waals surface area contributed by atoms with Gasteiger partial charge in [0.2, 0.25) is 0 Å². The summed E-state index contributed by atoms with van der Waals surface area (Å²) in [5.74, 6) is 1.74. The van der Waals surface area contributed by atoms with Crippen LogP contribution >= 0.6 is 0 Å². The van der Waals surface area contributed by atoms with E-state index in [1.165, 1.54) is 32.4 Å². The molecule has 1 heterocycles. The second kappa shape index (κ2) is 9.30. The molecule has 1 saturated heterocycles. The maximum atomic E-state index is 5.36. The van der Waals surface area contributed by atoms with Crippen molar-refractivity contribution in [1.82, 2.24) is 15.5 Å². The first-order chi connectivity index (χ1) is 10.8. The van der Waals surface area contributed by atoms with Crippen molar-refractivity contribution in [2.75, 3.05) is 40.3 Å². The summed E-state index contributed by atoms with van der Waals surface area (Å²) in [6.07, 6.45) is 4.05. The maximum Gasteiger partial charge on any atom is 0.191 e. The summed E-state index contributed by atoms with van der Waals surface area (Å²) in [6, 6.07) is 8.04. The van der Waals surface area contributed by atoms with E-state index in [-0.39, 0.29) is 0 Å². The number of hydrogen-bond acceptors (Lipinski definition) is 3. The standard InChI is InChI=1S/C17H28N4O/c1-18-17(19-10-13-21-11-6-3-7-12-21)20-14-15-8-4-5-9-16(15)22-2/h4-5,8-9H,3,6-7,10-14H2,1-2H3,(H2,18,19,20). The fourth-order valence-corrected chi connectivity index (χ4v) is 2.76. The van der Waals surface area contributed by atoms with Crippen LogP contribution in [-0.4, -0.2) is 51.2 Å². The summed E-state index contributed by atoms with van der Waals surface area (Å²) in [6.45, 7) is 5.16. The zero-order chi connectivity index (χ0) is 15.6. The van der Waals surface area contributed by atoms with Crippen molar-refractivity contribution in [2.24, 2.45) is 4.99 Å². The quantitative estimate of drug-likeness (QED) is 0.622. The number of guanidine groups is 1. The average Bonchev–Trinajstić information content (AvgIpc) is 2.59. The molecule has 0 aromatic heterocycles. The van der Waals surface area contributed by atoms with Gasteiger partial charge in [-0.25, -0.2) is 0 Å². The van der Waals surface area contributed by atoms with Crippen LogP contribution in [0.1, 0.15) is 24.8 Å². The predicted molar refractivity (Wildman–Crippen MR) is 91.5 cm³/mol. The molecule has 0 saturated carbocycles. The molecule has 1 aromatic carbocycles. The topological polar surface area (TPSA) is 48.9 Å². The van der Waals surface area contributed by atoms with Crippen LogP contribution in [0.2, 0.25) is 0 Å². The summed E-state index contributed by atoms with van der Waals surface area (Å²) in [5, 5.41) is 6.72. The van der Waals surface area contributed by atoms with Crippen LogP contribution in [-0.2, 0) is 6.54 Å². The fourth-order valence-electron chi connectivity index (χ4n) is 2.76. The summed E-state index contributed by atoms with van der Waals surface area (Å²) in [5.41, 5.74) is 1.13. The molecule has 0 spiro atoms. The molecule has 1 fully saturated rings. The van der Waals surface area contributed by atoms with Crippen molar-refractivity contribution < 1.29 is 4.74 Å². The summed E-state index contributed by atoms with van der Waals surface area (Å²) in [7, 11) is 3.50. The van der Waals surface area contributed by atoms with Crippen molar-refractivity contribution in [1.29, 1.82) is 0 Å². The third-order valence-electron chi connectivity index (χ3n) is 4.03. The second-order valence-corrected chi connectivity index (χ2v) is 5.57. The van der Waals surface area contributed by atoms with E-state index in [1.807, 2.05) is 18.2 Å². The van der Waals surface area contributed by atoms with Crippen LogP contribution in [0, 0.1) is 0 Å². The lowest BCUT2D eigenvalue weighted by atomic mass is 10.1. The second-order valence-electron chi connectivity index (χ2n) is 5.57. The predicted octanol–water partition coefficient (Wildman–Crippen LogP) is 1.85.